The van der Waals surface area contributed by atoms with Gasteiger partial charge in [0.15, 0.2) is 5.96 Å². The van der Waals surface area contributed by atoms with Crippen LogP contribution in [0.3, 0.4) is 0 Å². The first-order chi connectivity index (χ1) is 12.1. The van der Waals surface area contributed by atoms with Crippen LogP contribution >= 0.6 is 24.0 Å². The van der Waals surface area contributed by atoms with Gasteiger partial charge in [-0.3, -0.25) is 4.99 Å². The lowest BCUT2D eigenvalue weighted by molar-refractivity contribution is 0.0914. The minimum atomic E-state index is -0.228. The summed E-state index contributed by atoms with van der Waals surface area (Å²) < 4.78 is 10.4. The van der Waals surface area contributed by atoms with E-state index in [9.17, 15) is 4.79 Å². The molecular formula is C18H31IN4O3. The Bertz CT molecular complexity index is 541. The largest absolute Gasteiger partial charge is 0.469 e. The van der Waals surface area contributed by atoms with E-state index >= 15 is 0 Å². The van der Waals surface area contributed by atoms with Crippen molar-refractivity contribution in [1.82, 2.24) is 15.1 Å². The molecule has 0 unspecified atom stereocenters. The van der Waals surface area contributed by atoms with Crippen molar-refractivity contribution in [1.29, 1.82) is 0 Å². The fraction of sp³-hybridized carbons (Fsp3) is 0.667. The number of rotatable bonds is 6. The normalized spacial score (nSPS) is 15.0. The molecule has 1 aromatic rings. The molecule has 2 heterocycles. The number of nitrogens with one attached hydrogen (secondary N) is 1. The second-order valence-corrected chi connectivity index (χ2v) is 6.49. The number of ether oxygens (including phenoxy) is 1. The monoisotopic (exact) mass is 478 g/mol. The SMILES string of the molecule is CCOC(=O)N1CCN(C(=NCC(C)C)NCCc2ccco2)CC1.I. The Labute approximate surface area is 173 Å². The number of guanidine groups is 1. The fourth-order valence-corrected chi connectivity index (χ4v) is 2.60. The first-order valence-electron chi connectivity index (χ1n) is 9.07. The topological polar surface area (TPSA) is 70.3 Å². The van der Waals surface area contributed by atoms with E-state index in [1.54, 1.807) is 11.2 Å². The molecule has 1 N–H and O–H groups in total. The highest BCUT2D eigenvalue weighted by Crippen LogP contribution is 2.06. The molecule has 0 saturated carbocycles. The van der Waals surface area contributed by atoms with E-state index in [1.165, 1.54) is 0 Å². The van der Waals surface area contributed by atoms with Crippen LogP contribution in [0.2, 0.25) is 0 Å². The van der Waals surface area contributed by atoms with Gasteiger partial charge in [-0.05, 0) is 25.0 Å². The van der Waals surface area contributed by atoms with Gasteiger partial charge in [-0.1, -0.05) is 13.8 Å². The van der Waals surface area contributed by atoms with Gasteiger partial charge < -0.3 is 24.3 Å². The minimum absolute atomic E-state index is 0. The van der Waals surface area contributed by atoms with Crippen LogP contribution in [0.5, 0.6) is 0 Å². The lowest BCUT2D eigenvalue weighted by Gasteiger charge is -2.36. The number of furan rings is 1. The molecule has 0 bridgehead atoms. The number of hydrogen-bond donors (Lipinski definition) is 1. The Morgan fingerprint density at radius 3 is 2.58 bits per heavy atom. The summed E-state index contributed by atoms with van der Waals surface area (Å²) in [6.07, 6.45) is 2.28. The number of carbonyl (C=O) groups is 1. The summed E-state index contributed by atoms with van der Waals surface area (Å²) in [7, 11) is 0. The molecule has 0 aromatic carbocycles. The van der Waals surface area contributed by atoms with Crippen LogP contribution in [-0.4, -0.2) is 67.7 Å². The molecule has 148 valence electrons. The maximum atomic E-state index is 11.8. The molecule has 0 atom stereocenters. The Kier molecular flexibility index (Phi) is 10.5. The average Bonchev–Trinajstić information content (AvgIpc) is 3.11. The summed E-state index contributed by atoms with van der Waals surface area (Å²) in [5, 5.41) is 3.43. The zero-order valence-electron chi connectivity index (χ0n) is 15.9. The number of nitrogens with zero attached hydrogens (tertiary/aromatic N) is 3. The molecular weight excluding hydrogens is 447 g/mol. The van der Waals surface area contributed by atoms with E-state index in [0.717, 1.165) is 44.3 Å². The Morgan fingerprint density at radius 2 is 2.00 bits per heavy atom. The van der Waals surface area contributed by atoms with Crippen molar-refractivity contribution in [3.63, 3.8) is 0 Å². The first kappa shape index (κ1) is 22.6. The van der Waals surface area contributed by atoms with Crippen molar-refractivity contribution in [2.75, 3.05) is 45.9 Å². The van der Waals surface area contributed by atoms with Crippen LogP contribution in [0.25, 0.3) is 0 Å². The summed E-state index contributed by atoms with van der Waals surface area (Å²) in [6, 6.07) is 3.88. The number of piperazine rings is 1. The molecule has 1 fully saturated rings. The smallest absolute Gasteiger partial charge is 0.409 e. The second-order valence-electron chi connectivity index (χ2n) is 6.49. The Balaban J connectivity index is 0.00000338. The number of halogens is 1. The van der Waals surface area contributed by atoms with Gasteiger partial charge in [-0.2, -0.15) is 0 Å². The van der Waals surface area contributed by atoms with Gasteiger partial charge in [0.25, 0.3) is 0 Å². The van der Waals surface area contributed by atoms with Gasteiger partial charge >= 0.3 is 6.09 Å². The molecule has 1 aliphatic rings. The summed E-state index contributed by atoms with van der Waals surface area (Å²) in [5.74, 6) is 2.37. The number of hydrogen-bond acceptors (Lipinski definition) is 4. The van der Waals surface area contributed by atoms with Crippen molar-refractivity contribution < 1.29 is 13.9 Å². The van der Waals surface area contributed by atoms with Crippen LogP contribution in [0.15, 0.2) is 27.8 Å². The molecule has 1 aliphatic heterocycles. The molecule has 1 saturated heterocycles. The van der Waals surface area contributed by atoms with Gasteiger partial charge in [-0.15, -0.1) is 24.0 Å². The van der Waals surface area contributed by atoms with Crippen molar-refractivity contribution in [3.05, 3.63) is 24.2 Å². The van der Waals surface area contributed by atoms with E-state index in [4.69, 9.17) is 14.1 Å². The molecule has 0 aliphatic carbocycles. The predicted molar refractivity (Wildman–Crippen MR) is 113 cm³/mol. The molecule has 7 nitrogen and oxygen atoms in total. The molecule has 0 spiro atoms. The third-order valence-corrected chi connectivity index (χ3v) is 3.95. The molecule has 26 heavy (non-hydrogen) atoms. The molecule has 1 aromatic heterocycles. The van der Waals surface area contributed by atoms with Gasteiger partial charge in [0.2, 0.25) is 0 Å². The Hall–Kier alpha value is -1.45. The van der Waals surface area contributed by atoms with E-state index in [1.807, 2.05) is 19.1 Å². The van der Waals surface area contributed by atoms with Crippen LogP contribution < -0.4 is 5.32 Å². The van der Waals surface area contributed by atoms with Crippen LogP contribution in [0.4, 0.5) is 4.79 Å². The van der Waals surface area contributed by atoms with Crippen molar-refractivity contribution in [2.24, 2.45) is 10.9 Å². The van der Waals surface area contributed by atoms with Gasteiger partial charge in [0.05, 0.1) is 12.9 Å². The third kappa shape index (κ3) is 7.43. The number of aliphatic imine (C=N–C) groups is 1. The Morgan fingerprint density at radius 1 is 1.31 bits per heavy atom. The highest BCUT2D eigenvalue weighted by molar-refractivity contribution is 14.0. The van der Waals surface area contributed by atoms with E-state index < -0.39 is 0 Å². The minimum Gasteiger partial charge on any atom is -0.469 e. The maximum Gasteiger partial charge on any atom is 0.409 e. The summed E-state index contributed by atoms with van der Waals surface area (Å²) in [5.41, 5.74) is 0. The molecule has 0 radical (unpaired) electrons. The quantitative estimate of drug-likeness (QED) is 0.387. The summed E-state index contributed by atoms with van der Waals surface area (Å²) >= 11 is 0. The molecule has 1 amide bonds. The lowest BCUT2D eigenvalue weighted by Crippen LogP contribution is -2.54. The number of amides is 1. The first-order valence-corrected chi connectivity index (χ1v) is 9.07. The standard InChI is InChI=1S/C18H30N4O3.HI/c1-4-24-18(23)22-11-9-21(10-12-22)17(20-14-15(2)3)19-8-7-16-6-5-13-25-16;/h5-6,13,15H,4,7-12,14H2,1-3H3,(H,19,20);1H. The van der Waals surface area contributed by atoms with Gasteiger partial charge in [0, 0.05) is 45.7 Å². The van der Waals surface area contributed by atoms with Crippen LogP contribution in [-0.2, 0) is 11.2 Å². The molecule has 8 heteroatoms. The lowest BCUT2D eigenvalue weighted by atomic mass is 10.2. The highest BCUT2D eigenvalue weighted by atomic mass is 127. The average molecular weight is 478 g/mol. The van der Waals surface area contributed by atoms with Crippen molar-refractivity contribution >= 4 is 36.0 Å². The van der Waals surface area contributed by atoms with Crippen LogP contribution in [0, 0.1) is 5.92 Å². The number of carbonyl (C=O) groups excluding carboxylic acids is 1. The van der Waals surface area contributed by atoms with Gasteiger partial charge in [0.1, 0.15) is 5.76 Å². The van der Waals surface area contributed by atoms with Crippen LogP contribution in [0.1, 0.15) is 26.5 Å². The maximum absolute atomic E-state index is 11.8. The summed E-state index contributed by atoms with van der Waals surface area (Å²) in [4.78, 5) is 20.5. The van der Waals surface area contributed by atoms with Crippen molar-refractivity contribution in [3.8, 4) is 0 Å². The highest BCUT2D eigenvalue weighted by Gasteiger charge is 2.23. The van der Waals surface area contributed by atoms with E-state index in [2.05, 4.69) is 24.1 Å². The molecule has 2 rings (SSSR count). The zero-order chi connectivity index (χ0) is 18.1. The van der Waals surface area contributed by atoms with E-state index in [0.29, 0.717) is 25.6 Å². The van der Waals surface area contributed by atoms with Gasteiger partial charge in [-0.25, -0.2) is 4.79 Å². The zero-order valence-corrected chi connectivity index (χ0v) is 18.3. The van der Waals surface area contributed by atoms with E-state index in [-0.39, 0.29) is 30.1 Å². The fourth-order valence-electron chi connectivity index (χ4n) is 2.60. The summed E-state index contributed by atoms with van der Waals surface area (Å²) in [6.45, 7) is 10.9. The third-order valence-electron chi connectivity index (χ3n) is 3.95. The second kappa shape index (κ2) is 12.0. The predicted octanol–water partition coefficient (Wildman–Crippen LogP) is 2.82. The van der Waals surface area contributed by atoms with Crippen molar-refractivity contribution in [2.45, 2.75) is 27.2 Å².